The molecule has 3 fully saturated rings. The third-order valence-corrected chi connectivity index (χ3v) is 12.5. The Morgan fingerprint density at radius 1 is 0.731 bits per heavy atom. The summed E-state index contributed by atoms with van der Waals surface area (Å²) in [7, 11) is 1.31. The van der Waals surface area contributed by atoms with Crippen molar-refractivity contribution < 1.29 is 92.2 Å². The van der Waals surface area contributed by atoms with E-state index in [9.17, 15) is 54.3 Å². The van der Waals surface area contributed by atoms with E-state index >= 15 is 0 Å². The predicted octanol–water partition coefficient (Wildman–Crippen LogP) is 2.10. The summed E-state index contributed by atoms with van der Waals surface area (Å²) in [6, 6.07) is -5.02. The van der Waals surface area contributed by atoms with E-state index in [0.717, 1.165) is 4.90 Å². The Morgan fingerprint density at radius 2 is 1.26 bits per heavy atom. The first kappa shape index (κ1) is 65.6. The molecule has 4 aliphatic rings. The fraction of sp³-hybridized carbons (Fsp3) is 0.846. The van der Waals surface area contributed by atoms with Crippen LogP contribution in [0.4, 0.5) is 24.0 Å². The van der Waals surface area contributed by atoms with Crippen LogP contribution in [-0.2, 0) is 42.7 Å². The van der Waals surface area contributed by atoms with Gasteiger partial charge in [0.05, 0.1) is 43.5 Å². The maximum absolute atomic E-state index is 14.2. The number of rotatable bonds is 15. The van der Waals surface area contributed by atoms with Crippen LogP contribution in [0.5, 0.6) is 0 Å². The average Bonchev–Trinajstić information content (AvgIpc) is 3.21. The number of hydrogen-bond donors (Lipinski definition) is 10. The highest BCUT2D eigenvalue weighted by Gasteiger charge is 2.57. The van der Waals surface area contributed by atoms with E-state index in [-0.39, 0.29) is 51.3 Å². The second-order valence-electron chi connectivity index (χ2n) is 25.8. The minimum absolute atomic E-state index is 0.0241. The zero-order valence-electron chi connectivity index (χ0n) is 48.6. The van der Waals surface area contributed by atoms with Gasteiger partial charge in [0.1, 0.15) is 63.8 Å². The Morgan fingerprint density at radius 3 is 1.79 bits per heavy atom. The van der Waals surface area contributed by atoms with E-state index in [2.05, 4.69) is 26.6 Å². The molecule has 3 heterocycles. The van der Waals surface area contributed by atoms with Gasteiger partial charge in [-0.3, -0.25) is 4.79 Å². The van der Waals surface area contributed by atoms with Gasteiger partial charge in [0.2, 0.25) is 5.91 Å². The van der Waals surface area contributed by atoms with Gasteiger partial charge >= 0.3 is 30.5 Å². The van der Waals surface area contributed by atoms with Crippen molar-refractivity contribution >= 4 is 36.4 Å². The quantitative estimate of drug-likeness (QED) is 0.105. The molecule has 6 amide bonds. The second kappa shape index (κ2) is 25.7. The normalized spacial score (nSPS) is 28.9. The van der Waals surface area contributed by atoms with Crippen LogP contribution in [0, 0.1) is 11.8 Å². The Hall–Kier alpha value is -4.96. The van der Waals surface area contributed by atoms with Crippen LogP contribution in [0.25, 0.3) is 0 Å². The first-order chi connectivity index (χ1) is 35.5. The zero-order chi connectivity index (χ0) is 59.3. The first-order valence-corrected chi connectivity index (χ1v) is 26.5. The number of alkyl carbamates (subject to hydrolysis) is 3. The van der Waals surface area contributed by atoms with Gasteiger partial charge in [0, 0.05) is 51.1 Å². The lowest BCUT2D eigenvalue weighted by atomic mass is 9.72. The van der Waals surface area contributed by atoms with Crippen molar-refractivity contribution in [3.8, 4) is 0 Å². The molecule has 2 saturated heterocycles. The molecular weight excluding hydrogens is 1030 g/mol. The number of carbonyl (C=O) groups is 6. The van der Waals surface area contributed by atoms with Crippen LogP contribution in [0.3, 0.4) is 0 Å². The molecule has 26 nitrogen and oxygen atoms in total. The van der Waals surface area contributed by atoms with Gasteiger partial charge in [-0.1, -0.05) is 0 Å². The third kappa shape index (κ3) is 20.0. The Kier molecular flexibility index (Phi) is 21.6. The molecule has 26 heteroatoms. The molecule has 3 aliphatic heterocycles. The van der Waals surface area contributed by atoms with E-state index in [4.69, 9.17) is 37.9 Å². The van der Waals surface area contributed by atoms with Crippen LogP contribution in [0.15, 0.2) is 11.8 Å². The largest absolute Gasteiger partial charge is 0.491 e. The van der Waals surface area contributed by atoms with Crippen molar-refractivity contribution in [1.82, 2.24) is 36.4 Å². The lowest BCUT2D eigenvalue weighted by Crippen LogP contribution is -2.71. The standard InChI is InChI=1S/C52H91N7O19/c1-47(2,3)74-42(65)54-22-28(60)21-53-23-29-18-19-30(56-43(66)75-48(4,5)6)37(72-29)33-31(57-44(67)76-49(7,8)9)20-32(55-40(64)34(61)27-24-59(25-27)46(69)78-51(13,14)15)38(35(33)62)73-41-36(63)39(52(16,70)26-71-41)58(17)45(68)77-50(10,11)12/h18,27-28,30-39,41,53,60-63,70H,19-26H2,1-17H3,(H,54,65)(H,55,64)(H,56,66)(H,57,67)/t28?,30-,31+,32-,33-,34?,35+,36-,37?,38+,39-,41-,52+/m1/s1. The van der Waals surface area contributed by atoms with E-state index in [0.29, 0.717) is 0 Å². The van der Waals surface area contributed by atoms with E-state index in [1.807, 2.05) is 0 Å². The lowest BCUT2D eigenvalue weighted by molar-refractivity contribution is -0.306. The van der Waals surface area contributed by atoms with E-state index in [1.165, 1.54) is 18.9 Å². The number of nitrogens with one attached hydrogen (secondary N) is 5. The van der Waals surface area contributed by atoms with Crippen molar-refractivity contribution in [3.63, 3.8) is 0 Å². The summed E-state index contributed by atoms with van der Waals surface area (Å²) in [6.07, 6.45) is -13.8. The van der Waals surface area contributed by atoms with Crippen molar-refractivity contribution in [3.05, 3.63) is 11.8 Å². The summed E-state index contributed by atoms with van der Waals surface area (Å²) >= 11 is 0. The molecular formula is C52H91N7O19. The summed E-state index contributed by atoms with van der Waals surface area (Å²) in [5.41, 5.74) is -6.41. The molecule has 448 valence electrons. The summed E-state index contributed by atoms with van der Waals surface area (Å²) in [4.78, 5) is 82.4. The second-order valence-corrected chi connectivity index (χ2v) is 25.8. The number of nitrogens with zero attached hydrogens (tertiary/aromatic N) is 2. The average molecular weight is 1120 g/mol. The van der Waals surface area contributed by atoms with Gasteiger partial charge in [-0.25, -0.2) is 24.0 Å². The number of aliphatic hydroxyl groups excluding tert-OH is 4. The fourth-order valence-corrected chi connectivity index (χ4v) is 9.31. The number of hydrogen-bond acceptors (Lipinski definition) is 20. The molecule has 78 heavy (non-hydrogen) atoms. The smallest absolute Gasteiger partial charge is 0.410 e. The molecule has 3 unspecified atom stereocenters. The van der Waals surface area contributed by atoms with Crippen LogP contribution in [0.2, 0.25) is 0 Å². The highest BCUT2D eigenvalue weighted by Crippen LogP contribution is 2.39. The van der Waals surface area contributed by atoms with E-state index < -0.39 is 156 Å². The van der Waals surface area contributed by atoms with Gasteiger partial charge in [-0.15, -0.1) is 0 Å². The molecule has 0 aromatic heterocycles. The van der Waals surface area contributed by atoms with E-state index in [1.54, 1.807) is 110 Å². The Balaban J connectivity index is 1.77. The molecule has 0 aromatic rings. The van der Waals surface area contributed by atoms with Gasteiger partial charge in [-0.05, 0) is 130 Å². The van der Waals surface area contributed by atoms with Crippen LogP contribution in [0.1, 0.15) is 124 Å². The highest BCUT2D eigenvalue weighted by molar-refractivity contribution is 5.82. The molecule has 13 atom stereocenters. The fourth-order valence-electron chi connectivity index (χ4n) is 9.31. The zero-order valence-corrected chi connectivity index (χ0v) is 48.6. The van der Waals surface area contributed by atoms with Crippen LogP contribution >= 0.6 is 0 Å². The molecule has 10 N–H and O–H groups in total. The molecule has 1 saturated carbocycles. The maximum Gasteiger partial charge on any atom is 0.410 e. The summed E-state index contributed by atoms with van der Waals surface area (Å²) in [5.74, 6) is -2.74. The van der Waals surface area contributed by atoms with Crippen LogP contribution in [-0.4, -0.2) is 219 Å². The summed E-state index contributed by atoms with van der Waals surface area (Å²) in [5, 5.41) is 72.9. The Labute approximate surface area is 458 Å². The molecule has 0 aromatic carbocycles. The lowest BCUT2D eigenvalue weighted by Gasteiger charge is -2.52. The number of amides is 6. The van der Waals surface area contributed by atoms with Crippen LogP contribution < -0.4 is 26.6 Å². The predicted molar refractivity (Wildman–Crippen MR) is 279 cm³/mol. The molecule has 4 rings (SSSR count). The van der Waals surface area contributed by atoms with Crippen molar-refractivity contribution in [2.75, 3.05) is 46.4 Å². The SMILES string of the molecule is CN(C(=O)OC(C)(C)C)[C@@H]1[C@@H](O)[C@@H](O[C@@H]2[C@@H](O)[C@H](C3OC(CNCC(O)CNC(=O)OC(C)(C)C)=CC[C@H]3NC(=O)OC(C)(C)C)[C@@H](NC(=O)OC(C)(C)C)C[C@H]2NC(=O)C(O)C2CN(C(=O)OC(C)(C)C)C2)OC[C@]1(C)O. The molecule has 1 aliphatic carbocycles. The molecule has 0 bridgehead atoms. The van der Waals surface area contributed by atoms with Gasteiger partial charge in [0.25, 0.3) is 0 Å². The maximum atomic E-state index is 14.2. The topological polar surface area (TPSA) is 344 Å². The summed E-state index contributed by atoms with van der Waals surface area (Å²) in [6.45, 7) is 25.6. The van der Waals surface area contributed by atoms with Gasteiger partial charge < -0.3 is 99.8 Å². The number of ether oxygens (including phenoxy) is 8. The van der Waals surface area contributed by atoms with Gasteiger partial charge in [0.15, 0.2) is 6.29 Å². The monoisotopic (exact) mass is 1120 g/mol. The molecule has 0 spiro atoms. The minimum Gasteiger partial charge on any atom is -0.491 e. The molecule has 0 radical (unpaired) electrons. The number of likely N-dealkylation sites (N-methyl/N-ethyl adjacent to an activating group) is 1. The summed E-state index contributed by atoms with van der Waals surface area (Å²) < 4.78 is 46.7. The number of likely N-dealkylation sites (tertiary alicyclic amines) is 1. The third-order valence-electron chi connectivity index (χ3n) is 12.5. The van der Waals surface area contributed by atoms with Gasteiger partial charge in [-0.2, -0.15) is 0 Å². The van der Waals surface area contributed by atoms with Crippen molar-refractivity contribution in [2.24, 2.45) is 11.8 Å². The highest BCUT2D eigenvalue weighted by atomic mass is 16.7. The minimum atomic E-state index is -1.90. The number of aliphatic hydroxyl groups is 5. The first-order valence-electron chi connectivity index (χ1n) is 26.5. The van der Waals surface area contributed by atoms with Crippen molar-refractivity contribution in [2.45, 2.75) is 224 Å². The number of carbonyl (C=O) groups excluding carboxylic acids is 6. The Bertz CT molecular complexity index is 2110. The van der Waals surface area contributed by atoms with Crippen molar-refractivity contribution in [1.29, 1.82) is 0 Å².